The molecule has 2 nitrogen and oxygen atoms in total. The molecule has 0 atom stereocenters. The van der Waals surface area contributed by atoms with Crippen molar-refractivity contribution >= 4 is 27.5 Å². The molecule has 1 aromatic carbocycles. The fourth-order valence-electron chi connectivity index (χ4n) is 1.19. The second kappa shape index (κ2) is 4.24. The van der Waals surface area contributed by atoms with E-state index in [1.807, 2.05) is 0 Å². The Hall–Kier alpha value is -1.00. The Bertz CT molecular complexity index is 484. The number of aromatic nitrogens is 2. The molecular weight excluding hydrogens is 282 g/mol. The Morgan fingerprint density at radius 3 is 2.60 bits per heavy atom. The molecule has 76 valence electrons. The van der Waals surface area contributed by atoms with Crippen LogP contribution in [-0.2, 0) is 0 Å². The Kier molecular flexibility index (Phi) is 2.98. The first-order chi connectivity index (χ1) is 7.15. The first-order valence-corrected chi connectivity index (χ1v) is 5.26. The maximum absolute atomic E-state index is 13.1. The van der Waals surface area contributed by atoms with Gasteiger partial charge >= 0.3 is 0 Å². The summed E-state index contributed by atoms with van der Waals surface area (Å²) in [5, 5.41) is 0.347. The number of hydrogen-bond donors (Lipinski definition) is 0. The lowest BCUT2D eigenvalue weighted by atomic mass is 10.1. The Morgan fingerprint density at radius 2 is 1.93 bits per heavy atom. The third-order valence-electron chi connectivity index (χ3n) is 1.79. The lowest BCUT2D eigenvalue weighted by Crippen LogP contribution is -1.87. The van der Waals surface area contributed by atoms with E-state index in [0.29, 0.717) is 20.9 Å². The molecule has 0 saturated carbocycles. The second-order valence-corrected chi connectivity index (χ2v) is 4.13. The van der Waals surface area contributed by atoms with Gasteiger partial charge in [0, 0.05) is 10.6 Å². The monoisotopic (exact) mass is 286 g/mol. The summed E-state index contributed by atoms with van der Waals surface area (Å²) < 4.78 is 13.7. The van der Waals surface area contributed by atoms with Crippen molar-refractivity contribution in [3.63, 3.8) is 0 Å². The van der Waals surface area contributed by atoms with Crippen molar-refractivity contribution < 1.29 is 4.39 Å². The van der Waals surface area contributed by atoms with Gasteiger partial charge in [-0.1, -0.05) is 11.6 Å². The minimum atomic E-state index is -0.382. The third-order valence-corrected chi connectivity index (χ3v) is 2.44. The van der Waals surface area contributed by atoms with E-state index in [9.17, 15) is 4.39 Å². The second-order valence-electron chi connectivity index (χ2n) is 2.88. The average Bonchev–Trinajstić information content (AvgIpc) is 2.16. The Balaban J connectivity index is 2.54. The molecule has 0 fully saturated rings. The standard InChI is InChI=1S/C10H5BrClFN2/c11-10-4-9(14-5-15-10)6-1-7(12)3-8(13)2-6/h1-5H. The summed E-state index contributed by atoms with van der Waals surface area (Å²) in [5.74, 6) is -0.382. The first-order valence-electron chi connectivity index (χ1n) is 4.09. The molecule has 5 heteroatoms. The van der Waals surface area contributed by atoms with E-state index >= 15 is 0 Å². The Labute approximate surface area is 99.3 Å². The third kappa shape index (κ3) is 2.52. The van der Waals surface area contributed by atoms with Crippen LogP contribution < -0.4 is 0 Å². The molecule has 0 N–H and O–H groups in total. The molecule has 0 bridgehead atoms. The van der Waals surface area contributed by atoms with Crippen LogP contribution in [-0.4, -0.2) is 9.97 Å². The summed E-state index contributed by atoms with van der Waals surface area (Å²) >= 11 is 8.96. The summed E-state index contributed by atoms with van der Waals surface area (Å²) in [6, 6.07) is 5.98. The zero-order valence-corrected chi connectivity index (χ0v) is 9.76. The lowest BCUT2D eigenvalue weighted by molar-refractivity contribution is 0.628. The van der Waals surface area contributed by atoms with Crippen molar-refractivity contribution in [2.45, 2.75) is 0 Å². The molecule has 0 amide bonds. The van der Waals surface area contributed by atoms with Crippen LogP contribution in [0, 0.1) is 5.82 Å². The molecule has 0 saturated heterocycles. The van der Waals surface area contributed by atoms with Crippen molar-refractivity contribution in [1.29, 1.82) is 0 Å². The van der Waals surface area contributed by atoms with Crippen LogP contribution in [0.25, 0.3) is 11.3 Å². The van der Waals surface area contributed by atoms with Crippen LogP contribution in [0.3, 0.4) is 0 Å². The summed E-state index contributed by atoms with van der Waals surface area (Å²) in [5.41, 5.74) is 1.25. The van der Waals surface area contributed by atoms with Gasteiger partial charge in [-0.25, -0.2) is 14.4 Å². The van der Waals surface area contributed by atoms with Gasteiger partial charge in [-0.2, -0.15) is 0 Å². The zero-order valence-electron chi connectivity index (χ0n) is 7.42. The SMILES string of the molecule is Fc1cc(Cl)cc(-c2cc(Br)ncn2)c1. The molecule has 2 aromatic rings. The molecule has 0 aliphatic rings. The van der Waals surface area contributed by atoms with E-state index in [-0.39, 0.29) is 5.82 Å². The predicted molar refractivity (Wildman–Crippen MR) is 60.1 cm³/mol. The van der Waals surface area contributed by atoms with Gasteiger partial charge in [-0.05, 0) is 40.2 Å². The van der Waals surface area contributed by atoms with Crippen molar-refractivity contribution in [2.75, 3.05) is 0 Å². The van der Waals surface area contributed by atoms with Gasteiger partial charge in [-0.3, -0.25) is 0 Å². The molecule has 0 radical (unpaired) electrons. The molecule has 0 aliphatic heterocycles. The number of hydrogen-bond acceptors (Lipinski definition) is 2. The lowest BCUT2D eigenvalue weighted by Gasteiger charge is -2.01. The highest BCUT2D eigenvalue weighted by Gasteiger charge is 2.04. The molecule has 0 spiro atoms. The number of rotatable bonds is 1. The van der Waals surface area contributed by atoms with E-state index < -0.39 is 0 Å². The maximum atomic E-state index is 13.1. The highest BCUT2D eigenvalue weighted by Crippen LogP contribution is 2.23. The highest BCUT2D eigenvalue weighted by molar-refractivity contribution is 9.10. The predicted octanol–water partition coefficient (Wildman–Crippen LogP) is 3.70. The number of benzene rings is 1. The van der Waals surface area contributed by atoms with Gasteiger partial charge in [0.2, 0.25) is 0 Å². The van der Waals surface area contributed by atoms with E-state index in [1.54, 1.807) is 12.1 Å². The summed E-state index contributed by atoms with van der Waals surface area (Å²) in [6.45, 7) is 0. The largest absolute Gasteiger partial charge is 0.236 e. The smallest absolute Gasteiger partial charge is 0.125 e. The van der Waals surface area contributed by atoms with Gasteiger partial charge in [0.15, 0.2) is 0 Å². The van der Waals surface area contributed by atoms with E-state index in [1.165, 1.54) is 18.5 Å². The first kappa shape index (κ1) is 10.5. The summed E-state index contributed by atoms with van der Waals surface area (Å²) in [6.07, 6.45) is 1.40. The van der Waals surface area contributed by atoms with Crippen LogP contribution in [0.15, 0.2) is 35.2 Å². The maximum Gasteiger partial charge on any atom is 0.125 e. The van der Waals surface area contributed by atoms with Gasteiger partial charge in [0.1, 0.15) is 16.7 Å². The molecule has 1 heterocycles. The van der Waals surface area contributed by atoms with Gasteiger partial charge < -0.3 is 0 Å². The van der Waals surface area contributed by atoms with Gasteiger partial charge in [0.05, 0.1) is 5.69 Å². The van der Waals surface area contributed by atoms with E-state index in [0.717, 1.165) is 0 Å². The van der Waals surface area contributed by atoms with Crippen LogP contribution in [0.5, 0.6) is 0 Å². The van der Waals surface area contributed by atoms with Gasteiger partial charge in [0.25, 0.3) is 0 Å². The van der Waals surface area contributed by atoms with Crippen LogP contribution in [0.4, 0.5) is 4.39 Å². The normalized spacial score (nSPS) is 10.3. The highest BCUT2D eigenvalue weighted by atomic mass is 79.9. The summed E-state index contributed by atoms with van der Waals surface area (Å²) in [7, 11) is 0. The van der Waals surface area contributed by atoms with Crippen LogP contribution >= 0.6 is 27.5 Å². The summed E-state index contributed by atoms with van der Waals surface area (Å²) in [4.78, 5) is 7.91. The molecule has 0 unspecified atom stereocenters. The number of nitrogens with zero attached hydrogens (tertiary/aromatic N) is 2. The topological polar surface area (TPSA) is 25.8 Å². The minimum Gasteiger partial charge on any atom is -0.236 e. The van der Waals surface area contributed by atoms with E-state index in [4.69, 9.17) is 11.6 Å². The van der Waals surface area contributed by atoms with Crippen LogP contribution in [0.2, 0.25) is 5.02 Å². The minimum absolute atomic E-state index is 0.347. The fraction of sp³-hybridized carbons (Fsp3) is 0. The Morgan fingerprint density at radius 1 is 1.13 bits per heavy atom. The average molecular weight is 288 g/mol. The van der Waals surface area contributed by atoms with E-state index in [2.05, 4.69) is 25.9 Å². The fourth-order valence-corrected chi connectivity index (χ4v) is 1.72. The van der Waals surface area contributed by atoms with Crippen molar-refractivity contribution in [2.24, 2.45) is 0 Å². The number of halogens is 3. The quantitative estimate of drug-likeness (QED) is 0.747. The van der Waals surface area contributed by atoms with Crippen molar-refractivity contribution in [3.05, 3.63) is 46.0 Å². The molecule has 2 rings (SSSR count). The molecule has 1 aromatic heterocycles. The van der Waals surface area contributed by atoms with Crippen molar-refractivity contribution in [1.82, 2.24) is 9.97 Å². The molecule has 0 aliphatic carbocycles. The molecular formula is C10H5BrClFN2. The molecule has 15 heavy (non-hydrogen) atoms. The van der Waals surface area contributed by atoms with Crippen LogP contribution in [0.1, 0.15) is 0 Å². The zero-order chi connectivity index (χ0) is 10.8. The van der Waals surface area contributed by atoms with Crippen molar-refractivity contribution in [3.8, 4) is 11.3 Å². The van der Waals surface area contributed by atoms with Gasteiger partial charge in [-0.15, -0.1) is 0 Å².